The molecule has 0 bridgehead atoms. The topological polar surface area (TPSA) is 98.4 Å². The predicted octanol–water partition coefficient (Wildman–Crippen LogP) is 0.171. The van der Waals surface area contributed by atoms with Crippen molar-refractivity contribution in [2.45, 2.75) is 26.3 Å². The molecule has 106 valence electrons. The summed E-state index contributed by atoms with van der Waals surface area (Å²) in [7, 11) is 0. The van der Waals surface area contributed by atoms with Crippen molar-refractivity contribution in [1.29, 1.82) is 0 Å². The van der Waals surface area contributed by atoms with E-state index in [-0.39, 0.29) is 17.5 Å². The van der Waals surface area contributed by atoms with E-state index in [0.29, 0.717) is 32.3 Å². The highest BCUT2D eigenvalue weighted by Crippen LogP contribution is 2.25. The van der Waals surface area contributed by atoms with Crippen molar-refractivity contribution in [3.8, 4) is 6.01 Å². The van der Waals surface area contributed by atoms with E-state index in [4.69, 9.17) is 15.3 Å². The average Bonchev–Trinajstić information content (AvgIpc) is 2.38. The summed E-state index contributed by atoms with van der Waals surface area (Å²) in [5, 5.41) is 0. The van der Waals surface area contributed by atoms with Gasteiger partial charge in [-0.15, -0.1) is 0 Å². The molecule has 0 amide bonds. The third kappa shape index (κ3) is 3.02. The SMILES string of the molecule is CCOc1nc(NN)nc(N2CCOCC2(C)C)n1. The van der Waals surface area contributed by atoms with Gasteiger partial charge in [-0.3, -0.25) is 5.43 Å². The molecule has 1 aliphatic rings. The number of hydrogen-bond donors (Lipinski definition) is 2. The molecule has 0 spiro atoms. The molecule has 0 atom stereocenters. The summed E-state index contributed by atoms with van der Waals surface area (Å²) in [6.07, 6.45) is 0. The van der Waals surface area contributed by atoms with Crippen LogP contribution < -0.4 is 20.9 Å². The lowest BCUT2D eigenvalue weighted by molar-refractivity contribution is 0.0632. The molecule has 8 nitrogen and oxygen atoms in total. The minimum atomic E-state index is -0.186. The normalized spacial score (nSPS) is 18.2. The molecule has 1 aromatic heterocycles. The highest BCUT2D eigenvalue weighted by molar-refractivity contribution is 5.40. The van der Waals surface area contributed by atoms with Crippen molar-refractivity contribution >= 4 is 11.9 Å². The standard InChI is InChI=1S/C11H20N6O2/c1-4-19-10-14-8(16-12)13-9(15-10)17-5-6-18-7-11(17,2)3/h4-7,12H2,1-3H3,(H,13,14,15,16). The van der Waals surface area contributed by atoms with Crippen molar-refractivity contribution in [2.24, 2.45) is 5.84 Å². The van der Waals surface area contributed by atoms with Gasteiger partial charge in [0.05, 0.1) is 25.4 Å². The van der Waals surface area contributed by atoms with Gasteiger partial charge < -0.3 is 14.4 Å². The third-order valence-corrected chi connectivity index (χ3v) is 2.89. The van der Waals surface area contributed by atoms with Gasteiger partial charge in [0, 0.05) is 6.54 Å². The summed E-state index contributed by atoms with van der Waals surface area (Å²) in [4.78, 5) is 14.7. The highest BCUT2D eigenvalue weighted by Gasteiger charge is 2.33. The Kier molecular flexibility index (Phi) is 4.01. The first-order valence-corrected chi connectivity index (χ1v) is 6.27. The fraction of sp³-hybridized carbons (Fsp3) is 0.727. The maximum Gasteiger partial charge on any atom is 0.323 e. The predicted molar refractivity (Wildman–Crippen MR) is 71.1 cm³/mol. The van der Waals surface area contributed by atoms with Crippen LogP contribution in [-0.2, 0) is 4.74 Å². The molecule has 1 aliphatic heterocycles. The van der Waals surface area contributed by atoms with Crippen molar-refractivity contribution in [1.82, 2.24) is 15.0 Å². The van der Waals surface area contributed by atoms with Gasteiger partial charge in [0.1, 0.15) is 0 Å². The van der Waals surface area contributed by atoms with Crippen LogP contribution in [0.5, 0.6) is 6.01 Å². The maximum absolute atomic E-state index is 5.49. The smallest absolute Gasteiger partial charge is 0.323 e. The molecule has 3 N–H and O–H groups in total. The molecule has 0 aromatic carbocycles. The number of hydrogen-bond acceptors (Lipinski definition) is 8. The van der Waals surface area contributed by atoms with Crippen LogP contribution in [0, 0.1) is 0 Å². The Bertz CT molecular complexity index is 439. The highest BCUT2D eigenvalue weighted by atomic mass is 16.5. The Hall–Kier alpha value is -1.67. The number of hydrazine groups is 1. The zero-order chi connectivity index (χ0) is 13.9. The van der Waals surface area contributed by atoms with E-state index in [1.54, 1.807) is 0 Å². The van der Waals surface area contributed by atoms with Crippen molar-refractivity contribution in [2.75, 3.05) is 36.7 Å². The number of nitrogens with one attached hydrogen (secondary N) is 1. The number of nitrogen functional groups attached to an aromatic ring is 1. The largest absolute Gasteiger partial charge is 0.464 e. The van der Waals surface area contributed by atoms with Gasteiger partial charge >= 0.3 is 6.01 Å². The Morgan fingerprint density at radius 3 is 2.84 bits per heavy atom. The minimum Gasteiger partial charge on any atom is -0.464 e. The number of morpholine rings is 1. The monoisotopic (exact) mass is 268 g/mol. The van der Waals surface area contributed by atoms with Gasteiger partial charge in [-0.25, -0.2) is 5.84 Å². The van der Waals surface area contributed by atoms with E-state index in [0.717, 1.165) is 0 Å². The Morgan fingerprint density at radius 1 is 1.42 bits per heavy atom. The Labute approximate surface area is 112 Å². The van der Waals surface area contributed by atoms with E-state index in [1.165, 1.54) is 0 Å². The second-order valence-corrected chi connectivity index (χ2v) is 4.84. The number of rotatable bonds is 4. The molecule has 0 saturated carbocycles. The fourth-order valence-electron chi connectivity index (χ4n) is 1.95. The summed E-state index contributed by atoms with van der Waals surface area (Å²) < 4.78 is 10.8. The van der Waals surface area contributed by atoms with Gasteiger partial charge in [-0.05, 0) is 20.8 Å². The van der Waals surface area contributed by atoms with Gasteiger partial charge in [0.25, 0.3) is 0 Å². The summed E-state index contributed by atoms with van der Waals surface area (Å²) in [6, 6.07) is 0.266. The number of nitrogens with zero attached hydrogens (tertiary/aromatic N) is 4. The molecule has 1 saturated heterocycles. The molecule has 2 heterocycles. The first-order valence-electron chi connectivity index (χ1n) is 6.27. The molecule has 1 aromatic rings. The summed E-state index contributed by atoms with van der Waals surface area (Å²) >= 11 is 0. The van der Waals surface area contributed by atoms with Crippen LogP contribution in [0.2, 0.25) is 0 Å². The zero-order valence-electron chi connectivity index (χ0n) is 11.5. The Balaban J connectivity index is 2.34. The average molecular weight is 268 g/mol. The molecule has 8 heteroatoms. The Morgan fingerprint density at radius 2 is 2.21 bits per heavy atom. The number of anilines is 2. The fourth-order valence-corrected chi connectivity index (χ4v) is 1.95. The lowest BCUT2D eigenvalue weighted by Gasteiger charge is -2.42. The molecular formula is C11H20N6O2. The van der Waals surface area contributed by atoms with Crippen molar-refractivity contribution < 1.29 is 9.47 Å². The first kappa shape index (κ1) is 13.8. The van der Waals surface area contributed by atoms with Crippen LogP contribution in [0.25, 0.3) is 0 Å². The van der Waals surface area contributed by atoms with Crippen LogP contribution >= 0.6 is 0 Å². The number of ether oxygens (including phenoxy) is 2. The molecule has 2 rings (SSSR count). The van der Waals surface area contributed by atoms with E-state index in [1.807, 2.05) is 6.92 Å². The quantitative estimate of drug-likeness (QED) is 0.589. The third-order valence-electron chi connectivity index (χ3n) is 2.89. The van der Waals surface area contributed by atoms with Crippen LogP contribution in [0.1, 0.15) is 20.8 Å². The van der Waals surface area contributed by atoms with Gasteiger partial charge in [-0.1, -0.05) is 0 Å². The molecule has 0 aliphatic carbocycles. The number of nitrogens with two attached hydrogens (primary N) is 1. The van der Waals surface area contributed by atoms with Gasteiger partial charge in [-0.2, -0.15) is 15.0 Å². The van der Waals surface area contributed by atoms with E-state index >= 15 is 0 Å². The van der Waals surface area contributed by atoms with Crippen LogP contribution in [0.3, 0.4) is 0 Å². The molecule has 0 unspecified atom stereocenters. The van der Waals surface area contributed by atoms with Crippen molar-refractivity contribution in [3.05, 3.63) is 0 Å². The van der Waals surface area contributed by atoms with E-state index in [9.17, 15) is 0 Å². The lowest BCUT2D eigenvalue weighted by atomic mass is 10.0. The van der Waals surface area contributed by atoms with Gasteiger partial charge in [0.2, 0.25) is 11.9 Å². The van der Waals surface area contributed by atoms with Crippen LogP contribution in [0.4, 0.5) is 11.9 Å². The van der Waals surface area contributed by atoms with Crippen LogP contribution in [0.15, 0.2) is 0 Å². The second kappa shape index (κ2) is 5.54. The van der Waals surface area contributed by atoms with E-state index < -0.39 is 0 Å². The second-order valence-electron chi connectivity index (χ2n) is 4.84. The van der Waals surface area contributed by atoms with E-state index in [2.05, 4.69) is 39.1 Å². The van der Waals surface area contributed by atoms with Crippen LogP contribution in [-0.4, -0.2) is 46.9 Å². The molecular weight excluding hydrogens is 248 g/mol. The summed E-state index contributed by atoms with van der Waals surface area (Å²) in [6.45, 7) is 8.49. The lowest BCUT2D eigenvalue weighted by Crippen LogP contribution is -2.54. The summed E-state index contributed by atoms with van der Waals surface area (Å²) in [5.41, 5.74) is 2.25. The first-order chi connectivity index (χ1) is 9.06. The molecule has 19 heavy (non-hydrogen) atoms. The van der Waals surface area contributed by atoms with Crippen molar-refractivity contribution in [3.63, 3.8) is 0 Å². The number of aromatic nitrogens is 3. The minimum absolute atomic E-state index is 0.186. The molecule has 1 fully saturated rings. The van der Waals surface area contributed by atoms with Gasteiger partial charge in [0.15, 0.2) is 0 Å². The molecule has 0 radical (unpaired) electrons. The zero-order valence-corrected chi connectivity index (χ0v) is 11.5. The maximum atomic E-state index is 5.49. The summed E-state index contributed by atoms with van der Waals surface area (Å²) in [5.74, 6) is 6.21.